The Hall–Kier alpha value is -1.89. The molecule has 21 heavy (non-hydrogen) atoms. The van der Waals surface area contributed by atoms with E-state index in [1.807, 2.05) is 17.9 Å². The van der Waals surface area contributed by atoms with E-state index < -0.39 is 0 Å². The van der Waals surface area contributed by atoms with E-state index in [2.05, 4.69) is 46.2 Å². The molecule has 2 amide bonds. The molecule has 0 spiro atoms. The van der Waals surface area contributed by atoms with Gasteiger partial charge in [-0.25, -0.2) is 4.79 Å². The molecule has 0 aromatic carbocycles. The maximum atomic E-state index is 12.4. The summed E-state index contributed by atoms with van der Waals surface area (Å²) in [5, 5.41) is 12.5. The summed E-state index contributed by atoms with van der Waals surface area (Å²) >= 11 is 1.44. The van der Waals surface area contributed by atoms with Gasteiger partial charge in [-0.2, -0.15) is 0 Å². The van der Waals surface area contributed by atoms with Gasteiger partial charge in [0.2, 0.25) is 5.13 Å². The molecule has 2 aromatic heterocycles. The van der Waals surface area contributed by atoms with Crippen molar-refractivity contribution in [3.8, 4) is 0 Å². The van der Waals surface area contributed by atoms with Crippen LogP contribution in [0.4, 0.5) is 9.93 Å². The lowest BCUT2D eigenvalue weighted by Crippen LogP contribution is -2.42. The van der Waals surface area contributed by atoms with Crippen LogP contribution in [0.1, 0.15) is 43.4 Å². The predicted octanol–water partition coefficient (Wildman–Crippen LogP) is 3.07. The van der Waals surface area contributed by atoms with Crippen LogP contribution in [-0.2, 0) is 6.54 Å². The van der Waals surface area contributed by atoms with Gasteiger partial charge < -0.3 is 9.47 Å². The van der Waals surface area contributed by atoms with Gasteiger partial charge in [0, 0.05) is 30.9 Å². The molecule has 0 bridgehead atoms. The third-order valence-electron chi connectivity index (χ3n) is 3.75. The Labute approximate surface area is 127 Å². The molecule has 0 fully saturated rings. The van der Waals surface area contributed by atoms with E-state index in [4.69, 9.17) is 0 Å². The van der Waals surface area contributed by atoms with Crippen LogP contribution in [0, 0.1) is 0 Å². The van der Waals surface area contributed by atoms with Crippen molar-refractivity contribution in [3.05, 3.63) is 29.0 Å². The Morgan fingerprint density at radius 1 is 1.43 bits per heavy atom. The third-order valence-corrected chi connectivity index (χ3v) is 4.89. The van der Waals surface area contributed by atoms with Crippen LogP contribution in [0.5, 0.6) is 0 Å². The Bertz CT molecular complexity index is 647. The number of carbonyl (C=O) groups excluding carboxylic acids is 1. The van der Waals surface area contributed by atoms with Gasteiger partial charge in [0.1, 0.15) is 5.01 Å². The number of fused-ring (bicyclic) bond motifs is 1. The number of nitrogens with one attached hydrogen (secondary N) is 1. The first kappa shape index (κ1) is 14.1. The van der Waals surface area contributed by atoms with Crippen LogP contribution in [0.25, 0.3) is 0 Å². The fourth-order valence-electron chi connectivity index (χ4n) is 2.54. The minimum absolute atomic E-state index is 0.0613. The van der Waals surface area contributed by atoms with Crippen molar-refractivity contribution in [1.29, 1.82) is 0 Å². The quantitative estimate of drug-likeness (QED) is 0.927. The van der Waals surface area contributed by atoms with Gasteiger partial charge in [0.05, 0.1) is 6.04 Å². The zero-order valence-corrected chi connectivity index (χ0v) is 13.2. The molecule has 1 aliphatic rings. The first-order chi connectivity index (χ1) is 10.1. The molecule has 2 aromatic rings. The number of hydrogen-bond donors (Lipinski definition) is 1. The lowest BCUT2D eigenvalue weighted by molar-refractivity contribution is 0.175. The summed E-state index contributed by atoms with van der Waals surface area (Å²) in [4.78, 5) is 14.3. The highest BCUT2D eigenvalue weighted by molar-refractivity contribution is 7.15. The minimum Gasteiger partial charge on any atom is -0.348 e. The molecule has 7 heteroatoms. The zero-order chi connectivity index (χ0) is 15.0. The van der Waals surface area contributed by atoms with E-state index in [9.17, 15) is 4.79 Å². The summed E-state index contributed by atoms with van der Waals surface area (Å²) in [7, 11) is 0. The van der Waals surface area contributed by atoms with Crippen molar-refractivity contribution in [3.63, 3.8) is 0 Å². The summed E-state index contributed by atoms with van der Waals surface area (Å²) in [5.41, 5.74) is 1.16. The van der Waals surface area contributed by atoms with Crippen molar-refractivity contribution < 1.29 is 4.79 Å². The maximum absolute atomic E-state index is 12.4. The summed E-state index contributed by atoms with van der Waals surface area (Å²) in [6.07, 6.45) is 2.06. The predicted molar refractivity (Wildman–Crippen MR) is 82.6 cm³/mol. The van der Waals surface area contributed by atoms with Crippen LogP contribution in [0.2, 0.25) is 0 Å². The van der Waals surface area contributed by atoms with Crippen LogP contribution in [-0.4, -0.2) is 32.2 Å². The van der Waals surface area contributed by atoms with Crippen molar-refractivity contribution in [2.24, 2.45) is 0 Å². The number of carbonyl (C=O) groups is 1. The van der Waals surface area contributed by atoms with Gasteiger partial charge in [0.15, 0.2) is 0 Å². The molecule has 0 saturated heterocycles. The average Bonchev–Trinajstić information content (AvgIpc) is 3.07. The van der Waals surface area contributed by atoms with Gasteiger partial charge in [-0.05, 0) is 19.1 Å². The van der Waals surface area contributed by atoms with E-state index in [0.29, 0.717) is 17.6 Å². The lowest BCUT2D eigenvalue weighted by atomic mass is 10.1. The van der Waals surface area contributed by atoms with Crippen molar-refractivity contribution in [1.82, 2.24) is 19.7 Å². The van der Waals surface area contributed by atoms with Crippen LogP contribution in [0.3, 0.4) is 0 Å². The van der Waals surface area contributed by atoms with E-state index in [1.165, 1.54) is 11.3 Å². The second-order valence-electron chi connectivity index (χ2n) is 5.53. The van der Waals surface area contributed by atoms with Gasteiger partial charge in [0.25, 0.3) is 0 Å². The van der Waals surface area contributed by atoms with Crippen LogP contribution < -0.4 is 5.32 Å². The monoisotopic (exact) mass is 305 g/mol. The highest BCUT2D eigenvalue weighted by atomic mass is 32.1. The minimum atomic E-state index is -0.110. The van der Waals surface area contributed by atoms with Crippen molar-refractivity contribution >= 4 is 22.5 Å². The first-order valence-electron chi connectivity index (χ1n) is 7.12. The molecule has 0 radical (unpaired) electrons. The highest BCUT2D eigenvalue weighted by Crippen LogP contribution is 2.27. The third kappa shape index (κ3) is 2.65. The number of urea groups is 1. The van der Waals surface area contributed by atoms with E-state index in [-0.39, 0.29) is 12.1 Å². The zero-order valence-electron chi connectivity index (χ0n) is 12.4. The van der Waals surface area contributed by atoms with Crippen molar-refractivity contribution in [2.75, 3.05) is 11.9 Å². The molecule has 1 N–H and O–H groups in total. The Morgan fingerprint density at radius 2 is 2.24 bits per heavy atom. The number of amides is 2. The maximum Gasteiger partial charge on any atom is 0.324 e. The van der Waals surface area contributed by atoms with Gasteiger partial charge in [-0.15, -0.1) is 10.2 Å². The summed E-state index contributed by atoms with van der Waals surface area (Å²) in [6.45, 7) is 7.70. The van der Waals surface area contributed by atoms with Gasteiger partial charge in [-0.3, -0.25) is 5.32 Å². The lowest BCUT2D eigenvalue weighted by Gasteiger charge is -2.34. The van der Waals surface area contributed by atoms with E-state index in [1.54, 1.807) is 0 Å². The molecule has 0 saturated carbocycles. The second-order valence-corrected chi connectivity index (χ2v) is 6.54. The Morgan fingerprint density at radius 3 is 2.95 bits per heavy atom. The van der Waals surface area contributed by atoms with Crippen LogP contribution >= 0.6 is 11.3 Å². The summed E-state index contributed by atoms with van der Waals surface area (Å²) in [5.74, 6) is 0.324. The number of rotatable bonds is 2. The molecule has 3 rings (SSSR count). The standard InChI is InChI=1S/C14H19N5OS/c1-9(2)12-16-17-13(21-12)15-14(20)19-8-7-18-6-4-5-11(18)10(19)3/h4-6,9-10H,7-8H2,1-3H3,(H,15,17,20)/t10-/m1/s1. The molecule has 1 atom stereocenters. The Balaban J connectivity index is 1.71. The SMILES string of the molecule is CC(C)c1nnc(NC(=O)N2CCn3cccc3[C@H]2C)s1. The van der Waals surface area contributed by atoms with E-state index in [0.717, 1.165) is 17.2 Å². The Kier molecular flexibility index (Phi) is 3.67. The van der Waals surface area contributed by atoms with E-state index >= 15 is 0 Å². The number of nitrogens with zero attached hydrogens (tertiary/aromatic N) is 4. The molecule has 3 heterocycles. The molecule has 0 unspecified atom stereocenters. The molecule has 6 nitrogen and oxygen atoms in total. The normalized spacial score (nSPS) is 17.9. The molecule has 1 aliphatic heterocycles. The smallest absolute Gasteiger partial charge is 0.324 e. The summed E-state index contributed by atoms with van der Waals surface area (Å²) < 4.78 is 2.19. The molecule has 0 aliphatic carbocycles. The average molecular weight is 305 g/mol. The van der Waals surface area contributed by atoms with Gasteiger partial charge >= 0.3 is 6.03 Å². The largest absolute Gasteiger partial charge is 0.348 e. The summed E-state index contributed by atoms with van der Waals surface area (Å²) in [6, 6.07) is 4.03. The number of aromatic nitrogens is 3. The fraction of sp³-hybridized carbons (Fsp3) is 0.500. The molecule has 112 valence electrons. The second kappa shape index (κ2) is 5.48. The van der Waals surface area contributed by atoms with Crippen LogP contribution in [0.15, 0.2) is 18.3 Å². The van der Waals surface area contributed by atoms with Crippen molar-refractivity contribution in [2.45, 2.75) is 39.3 Å². The highest BCUT2D eigenvalue weighted by Gasteiger charge is 2.28. The molecular weight excluding hydrogens is 286 g/mol. The molecular formula is C14H19N5OS. The fourth-order valence-corrected chi connectivity index (χ4v) is 3.27. The number of hydrogen-bond acceptors (Lipinski definition) is 4. The first-order valence-corrected chi connectivity index (χ1v) is 7.94. The number of anilines is 1. The van der Waals surface area contributed by atoms with Gasteiger partial charge in [-0.1, -0.05) is 25.2 Å². The topological polar surface area (TPSA) is 63.1 Å².